The van der Waals surface area contributed by atoms with Gasteiger partial charge >= 0.3 is 5.97 Å². The average molecular weight is 377 g/mol. The van der Waals surface area contributed by atoms with Crippen LogP contribution in [0.2, 0.25) is 0 Å². The second-order valence-electron chi connectivity index (χ2n) is 6.61. The number of ether oxygens (including phenoxy) is 2. The number of fused-ring (bicyclic) bond motifs is 1. The zero-order chi connectivity index (χ0) is 19.9. The van der Waals surface area contributed by atoms with Crippen LogP contribution in [0.5, 0.6) is 5.75 Å². The summed E-state index contributed by atoms with van der Waals surface area (Å²) in [6.45, 7) is 1.84. The number of carbonyl (C=O) groups is 2. The van der Waals surface area contributed by atoms with Crippen molar-refractivity contribution < 1.29 is 19.1 Å². The molecule has 0 spiro atoms. The maximum absolute atomic E-state index is 12.4. The molecule has 0 aromatic heterocycles. The summed E-state index contributed by atoms with van der Waals surface area (Å²) in [5, 5.41) is 5.01. The Morgan fingerprint density at radius 2 is 1.68 bits per heavy atom. The molecule has 0 fully saturated rings. The van der Waals surface area contributed by atoms with E-state index >= 15 is 0 Å². The molecule has 144 valence electrons. The quantitative estimate of drug-likeness (QED) is 0.633. The molecule has 5 heteroatoms. The summed E-state index contributed by atoms with van der Waals surface area (Å²) in [5.41, 5.74) is 1.95. The Bertz CT molecular complexity index is 966. The fourth-order valence-electron chi connectivity index (χ4n) is 2.94. The second-order valence-corrected chi connectivity index (χ2v) is 6.61. The zero-order valence-electron chi connectivity index (χ0n) is 16.0. The minimum absolute atomic E-state index is 0.0568. The highest BCUT2D eigenvalue weighted by molar-refractivity contribution is 5.84. The minimum atomic E-state index is -0.472. The summed E-state index contributed by atoms with van der Waals surface area (Å²) in [6, 6.07) is 20.8. The van der Waals surface area contributed by atoms with Gasteiger partial charge in [-0.2, -0.15) is 0 Å². The van der Waals surface area contributed by atoms with Crippen molar-refractivity contribution in [1.82, 2.24) is 5.32 Å². The van der Waals surface area contributed by atoms with Crippen molar-refractivity contribution in [2.45, 2.75) is 19.4 Å². The highest BCUT2D eigenvalue weighted by Gasteiger charge is 2.19. The Labute approximate surface area is 164 Å². The van der Waals surface area contributed by atoms with Crippen LogP contribution in [-0.4, -0.2) is 25.6 Å². The van der Waals surface area contributed by atoms with Gasteiger partial charge in [0.05, 0.1) is 19.6 Å². The number of amides is 1. The molecule has 0 aliphatic carbocycles. The predicted molar refractivity (Wildman–Crippen MR) is 108 cm³/mol. The molecule has 0 saturated carbocycles. The van der Waals surface area contributed by atoms with Crippen molar-refractivity contribution in [3.63, 3.8) is 0 Å². The standard InChI is InChI=1S/C23H23NO4/c1-16-7-9-18(10-8-16)21(14-23(26)27-2)24-22(25)15-28-20-12-11-17-5-3-4-6-19(17)13-20/h3-13,21H,14-15H2,1-2H3,(H,24,25). The molecular weight excluding hydrogens is 354 g/mol. The number of carbonyl (C=O) groups excluding carboxylic acids is 2. The molecule has 0 radical (unpaired) electrons. The van der Waals surface area contributed by atoms with Crippen molar-refractivity contribution in [3.8, 4) is 5.75 Å². The first kappa shape index (κ1) is 19.4. The van der Waals surface area contributed by atoms with E-state index in [-0.39, 0.29) is 24.9 Å². The summed E-state index contributed by atoms with van der Waals surface area (Å²) < 4.78 is 10.4. The van der Waals surface area contributed by atoms with Crippen molar-refractivity contribution in [1.29, 1.82) is 0 Å². The Hall–Kier alpha value is -3.34. The fourth-order valence-corrected chi connectivity index (χ4v) is 2.94. The van der Waals surface area contributed by atoms with Crippen LogP contribution in [0.15, 0.2) is 66.7 Å². The monoisotopic (exact) mass is 377 g/mol. The van der Waals surface area contributed by atoms with E-state index in [0.717, 1.165) is 21.9 Å². The molecule has 3 aromatic rings. The number of aryl methyl sites for hydroxylation is 1. The summed E-state index contributed by atoms with van der Waals surface area (Å²) in [6.07, 6.45) is 0.0568. The lowest BCUT2D eigenvalue weighted by Gasteiger charge is -2.18. The van der Waals surface area contributed by atoms with Gasteiger partial charge in [-0.3, -0.25) is 9.59 Å². The second kappa shape index (κ2) is 9.04. The third-order valence-electron chi connectivity index (χ3n) is 4.50. The van der Waals surface area contributed by atoms with E-state index in [9.17, 15) is 9.59 Å². The van der Waals surface area contributed by atoms with E-state index in [1.54, 1.807) is 0 Å². The SMILES string of the molecule is COC(=O)CC(NC(=O)COc1ccc2ccccc2c1)c1ccc(C)cc1. The predicted octanol–water partition coefficient (Wildman–Crippen LogP) is 3.95. The topological polar surface area (TPSA) is 64.6 Å². The first-order valence-corrected chi connectivity index (χ1v) is 9.09. The average Bonchev–Trinajstić information content (AvgIpc) is 2.72. The molecule has 3 rings (SSSR count). The van der Waals surface area contributed by atoms with E-state index in [1.807, 2.05) is 73.7 Å². The lowest BCUT2D eigenvalue weighted by Crippen LogP contribution is -2.34. The van der Waals surface area contributed by atoms with Gasteiger partial charge in [-0.25, -0.2) is 0 Å². The lowest BCUT2D eigenvalue weighted by molar-refractivity contribution is -0.141. The molecule has 5 nitrogen and oxygen atoms in total. The molecule has 1 atom stereocenters. The Kier molecular flexibility index (Phi) is 6.27. The van der Waals surface area contributed by atoms with Gasteiger partial charge in [0.2, 0.25) is 0 Å². The maximum atomic E-state index is 12.4. The van der Waals surface area contributed by atoms with E-state index in [1.165, 1.54) is 7.11 Å². The molecule has 0 heterocycles. The van der Waals surface area contributed by atoms with Crippen LogP contribution in [-0.2, 0) is 14.3 Å². The first-order valence-electron chi connectivity index (χ1n) is 9.09. The molecular formula is C23H23NO4. The summed E-state index contributed by atoms with van der Waals surface area (Å²) in [7, 11) is 1.33. The number of nitrogens with one attached hydrogen (secondary N) is 1. The van der Waals surface area contributed by atoms with E-state index in [2.05, 4.69) is 5.32 Å². The van der Waals surface area contributed by atoms with Gasteiger partial charge in [0.25, 0.3) is 5.91 Å². The van der Waals surface area contributed by atoms with E-state index < -0.39 is 6.04 Å². The Morgan fingerprint density at radius 3 is 2.39 bits per heavy atom. The van der Waals surface area contributed by atoms with E-state index in [4.69, 9.17) is 9.47 Å². The minimum Gasteiger partial charge on any atom is -0.484 e. The number of hydrogen-bond acceptors (Lipinski definition) is 4. The maximum Gasteiger partial charge on any atom is 0.307 e. The molecule has 0 saturated heterocycles. The van der Waals surface area contributed by atoms with Gasteiger partial charge in [-0.05, 0) is 35.4 Å². The summed E-state index contributed by atoms with van der Waals surface area (Å²) in [5.74, 6) is -0.0716. The number of methoxy groups -OCH3 is 1. The summed E-state index contributed by atoms with van der Waals surface area (Å²) in [4.78, 5) is 24.2. The van der Waals surface area contributed by atoms with Gasteiger partial charge in [0, 0.05) is 0 Å². The molecule has 0 bridgehead atoms. The smallest absolute Gasteiger partial charge is 0.307 e. The number of esters is 1. The molecule has 1 unspecified atom stereocenters. The van der Waals surface area contributed by atoms with Gasteiger partial charge in [0.15, 0.2) is 6.61 Å². The largest absolute Gasteiger partial charge is 0.484 e. The normalized spacial score (nSPS) is 11.6. The van der Waals surface area contributed by atoms with Crippen LogP contribution in [0, 0.1) is 6.92 Å². The van der Waals surface area contributed by atoms with Gasteiger partial charge in [-0.15, -0.1) is 0 Å². The Balaban J connectivity index is 1.65. The molecule has 3 aromatic carbocycles. The first-order chi connectivity index (χ1) is 13.5. The number of benzene rings is 3. The van der Waals surface area contributed by atoms with Crippen LogP contribution in [0.1, 0.15) is 23.6 Å². The van der Waals surface area contributed by atoms with Crippen molar-refractivity contribution >= 4 is 22.6 Å². The van der Waals surface area contributed by atoms with Crippen LogP contribution in [0.4, 0.5) is 0 Å². The molecule has 0 aliphatic heterocycles. The van der Waals surface area contributed by atoms with Gasteiger partial charge in [-0.1, -0.05) is 60.2 Å². The highest BCUT2D eigenvalue weighted by atomic mass is 16.5. The van der Waals surface area contributed by atoms with Crippen LogP contribution < -0.4 is 10.1 Å². The van der Waals surface area contributed by atoms with Crippen LogP contribution >= 0.6 is 0 Å². The fraction of sp³-hybridized carbons (Fsp3) is 0.217. The van der Waals surface area contributed by atoms with Crippen molar-refractivity contribution in [2.24, 2.45) is 0 Å². The molecule has 1 amide bonds. The Morgan fingerprint density at radius 1 is 0.964 bits per heavy atom. The number of rotatable bonds is 7. The highest BCUT2D eigenvalue weighted by Crippen LogP contribution is 2.21. The van der Waals surface area contributed by atoms with E-state index in [0.29, 0.717) is 5.75 Å². The van der Waals surface area contributed by atoms with Gasteiger partial charge < -0.3 is 14.8 Å². The lowest BCUT2D eigenvalue weighted by atomic mass is 10.0. The molecule has 28 heavy (non-hydrogen) atoms. The van der Waals surface area contributed by atoms with Gasteiger partial charge in [0.1, 0.15) is 5.75 Å². The van der Waals surface area contributed by atoms with Crippen molar-refractivity contribution in [3.05, 3.63) is 77.9 Å². The molecule has 1 N–H and O–H groups in total. The van der Waals surface area contributed by atoms with Crippen molar-refractivity contribution in [2.75, 3.05) is 13.7 Å². The molecule has 0 aliphatic rings. The third kappa shape index (κ3) is 5.10. The summed E-state index contributed by atoms with van der Waals surface area (Å²) >= 11 is 0. The van der Waals surface area contributed by atoms with Crippen LogP contribution in [0.25, 0.3) is 10.8 Å². The third-order valence-corrected chi connectivity index (χ3v) is 4.50. The van der Waals surface area contributed by atoms with Crippen LogP contribution in [0.3, 0.4) is 0 Å². The zero-order valence-corrected chi connectivity index (χ0v) is 16.0. The number of hydrogen-bond donors (Lipinski definition) is 1.